The SMILES string of the molecule is CCCSC(=O)N1CCC(CN2CC[C@@H](NC(=O)c3cc(Cl)c(N)cc3OC)[C@@H](OC)C2)CC1. The van der Waals surface area contributed by atoms with Crippen molar-refractivity contribution in [3.8, 4) is 5.75 Å². The van der Waals surface area contributed by atoms with E-state index in [9.17, 15) is 9.59 Å². The van der Waals surface area contributed by atoms with Gasteiger partial charge in [0.05, 0.1) is 35.5 Å². The van der Waals surface area contributed by atoms with E-state index in [1.165, 1.54) is 18.9 Å². The van der Waals surface area contributed by atoms with Crippen LogP contribution < -0.4 is 15.8 Å². The van der Waals surface area contributed by atoms with Gasteiger partial charge >= 0.3 is 0 Å². The Morgan fingerprint density at radius 3 is 2.59 bits per heavy atom. The van der Waals surface area contributed by atoms with E-state index >= 15 is 0 Å². The fourth-order valence-electron chi connectivity index (χ4n) is 4.66. The molecule has 0 unspecified atom stereocenters. The molecule has 8 nitrogen and oxygen atoms in total. The number of amides is 2. The lowest BCUT2D eigenvalue weighted by Crippen LogP contribution is -2.55. The second kappa shape index (κ2) is 12.9. The Morgan fingerprint density at radius 1 is 1.21 bits per heavy atom. The number of benzene rings is 1. The molecule has 34 heavy (non-hydrogen) atoms. The number of hydrogen-bond donors (Lipinski definition) is 2. The van der Waals surface area contributed by atoms with Gasteiger partial charge in [-0.1, -0.05) is 30.3 Å². The van der Waals surface area contributed by atoms with Gasteiger partial charge in [-0.15, -0.1) is 0 Å². The number of halogens is 1. The molecule has 0 saturated carbocycles. The molecule has 2 atom stereocenters. The van der Waals surface area contributed by atoms with Crippen LogP contribution in [0.1, 0.15) is 43.0 Å². The maximum Gasteiger partial charge on any atom is 0.281 e. The highest BCUT2D eigenvalue weighted by molar-refractivity contribution is 8.13. The van der Waals surface area contributed by atoms with Crippen LogP contribution in [0.5, 0.6) is 5.75 Å². The summed E-state index contributed by atoms with van der Waals surface area (Å²) in [7, 11) is 3.19. The zero-order valence-electron chi connectivity index (χ0n) is 20.3. The molecule has 1 aromatic rings. The summed E-state index contributed by atoms with van der Waals surface area (Å²) in [6.07, 6.45) is 3.76. The topological polar surface area (TPSA) is 97.1 Å². The van der Waals surface area contributed by atoms with E-state index in [1.807, 2.05) is 4.90 Å². The Bertz CT molecular complexity index is 851. The molecule has 0 aromatic heterocycles. The summed E-state index contributed by atoms with van der Waals surface area (Å²) < 4.78 is 11.1. The molecule has 0 aliphatic carbocycles. The Labute approximate surface area is 211 Å². The van der Waals surface area contributed by atoms with Gasteiger partial charge in [-0.05, 0) is 37.7 Å². The van der Waals surface area contributed by atoms with Crippen molar-refractivity contribution in [2.24, 2.45) is 5.92 Å². The maximum atomic E-state index is 13.0. The van der Waals surface area contributed by atoms with Crippen molar-refractivity contribution in [2.45, 2.75) is 44.8 Å². The summed E-state index contributed by atoms with van der Waals surface area (Å²) in [5.74, 6) is 1.60. The van der Waals surface area contributed by atoms with E-state index in [-0.39, 0.29) is 23.3 Å². The molecule has 190 valence electrons. The summed E-state index contributed by atoms with van der Waals surface area (Å²) in [5, 5.41) is 3.64. The second-order valence-corrected chi connectivity index (χ2v) is 10.5. The molecule has 1 aromatic carbocycles. The van der Waals surface area contributed by atoms with Crippen LogP contribution in [-0.4, -0.2) is 85.8 Å². The molecular weight excluding hydrogens is 476 g/mol. The van der Waals surface area contributed by atoms with Crippen molar-refractivity contribution in [2.75, 3.05) is 58.4 Å². The number of nitrogens with one attached hydrogen (secondary N) is 1. The first-order valence-corrected chi connectivity index (χ1v) is 13.3. The Balaban J connectivity index is 1.50. The smallest absolute Gasteiger partial charge is 0.281 e. The summed E-state index contributed by atoms with van der Waals surface area (Å²) in [4.78, 5) is 29.6. The zero-order chi connectivity index (χ0) is 24.7. The monoisotopic (exact) mass is 512 g/mol. The number of hydrogen-bond acceptors (Lipinski definition) is 7. The predicted octanol–water partition coefficient (Wildman–Crippen LogP) is 3.73. The summed E-state index contributed by atoms with van der Waals surface area (Å²) in [6, 6.07) is 3.00. The predicted molar refractivity (Wildman–Crippen MR) is 138 cm³/mol. The minimum atomic E-state index is -0.253. The molecule has 2 saturated heterocycles. The quantitative estimate of drug-likeness (QED) is 0.512. The average Bonchev–Trinajstić information content (AvgIpc) is 2.85. The summed E-state index contributed by atoms with van der Waals surface area (Å²) in [6.45, 7) is 6.41. The lowest BCUT2D eigenvalue weighted by molar-refractivity contribution is -0.000473. The van der Waals surface area contributed by atoms with Gasteiger partial charge in [0.15, 0.2) is 0 Å². The third-order valence-electron chi connectivity index (χ3n) is 6.64. The van der Waals surface area contributed by atoms with Gasteiger partial charge in [0.25, 0.3) is 11.1 Å². The van der Waals surface area contributed by atoms with E-state index < -0.39 is 0 Å². The van der Waals surface area contributed by atoms with Crippen LogP contribution in [0.2, 0.25) is 5.02 Å². The van der Waals surface area contributed by atoms with Gasteiger partial charge in [-0.3, -0.25) is 9.59 Å². The van der Waals surface area contributed by atoms with Crippen LogP contribution in [-0.2, 0) is 4.74 Å². The minimum Gasteiger partial charge on any atom is -0.496 e. The summed E-state index contributed by atoms with van der Waals surface area (Å²) in [5.41, 5.74) is 6.56. The molecule has 0 spiro atoms. The molecule has 10 heteroatoms. The van der Waals surface area contributed by atoms with Crippen LogP contribution in [0.3, 0.4) is 0 Å². The number of anilines is 1. The first-order valence-electron chi connectivity index (χ1n) is 12.0. The molecule has 3 N–H and O–H groups in total. The highest BCUT2D eigenvalue weighted by atomic mass is 35.5. The molecule has 2 fully saturated rings. The van der Waals surface area contributed by atoms with Crippen LogP contribution in [0.4, 0.5) is 10.5 Å². The number of ether oxygens (including phenoxy) is 2. The van der Waals surface area contributed by atoms with E-state index in [0.717, 1.165) is 64.2 Å². The van der Waals surface area contributed by atoms with Crippen molar-refractivity contribution in [1.82, 2.24) is 15.1 Å². The lowest BCUT2D eigenvalue weighted by Gasteiger charge is -2.41. The zero-order valence-corrected chi connectivity index (χ0v) is 21.9. The van der Waals surface area contributed by atoms with Gasteiger partial charge in [0.2, 0.25) is 0 Å². The number of methoxy groups -OCH3 is 2. The Kier molecular flexibility index (Phi) is 10.2. The molecule has 2 aliphatic rings. The maximum absolute atomic E-state index is 13.0. The van der Waals surface area contributed by atoms with E-state index in [1.54, 1.807) is 19.2 Å². The van der Waals surface area contributed by atoms with Crippen LogP contribution in [0.25, 0.3) is 0 Å². The van der Waals surface area contributed by atoms with Crippen molar-refractivity contribution >= 4 is 40.2 Å². The van der Waals surface area contributed by atoms with Gasteiger partial charge < -0.3 is 30.3 Å². The number of thioether (sulfide) groups is 1. The number of carbonyl (C=O) groups is 2. The third kappa shape index (κ3) is 6.93. The molecule has 0 radical (unpaired) electrons. The van der Waals surface area contributed by atoms with Crippen molar-refractivity contribution in [3.05, 3.63) is 22.7 Å². The van der Waals surface area contributed by atoms with E-state index in [0.29, 0.717) is 27.9 Å². The molecule has 3 rings (SSSR count). The fourth-order valence-corrected chi connectivity index (χ4v) is 5.56. The highest BCUT2D eigenvalue weighted by Crippen LogP contribution is 2.29. The fraction of sp³-hybridized carbons (Fsp3) is 0.667. The van der Waals surface area contributed by atoms with E-state index in [4.69, 9.17) is 26.8 Å². The van der Waals surface area contributed by atoms with Crippen molar-refractivity contribution in [1.29, 1.82) is 0 Å². The number of rotatable bonds is 8. The molecule has 2 heterocycles. The van der Waals surface area contributed by atoms with E-state index in [2.05, 4.69) is 17.1 Å². The van der Waals surface area contributed by atoms with Gasteiger partial charge in [-0.2, -0.15) is 0 Å². The minimum absolute atomic E-state index is 0.107. The highest BCUT2D eigenvalue weighted by Gasteiger charge is 2.33. The number of likely N-dealkylation sites (tertiary alicyclic amines) is 2. The van der Waals surface area contributed by atoms with Gasteiger partial charge in [-0.25, -0.2) is 0 Å². The first kappa shape index (κ1) is 26.9. The van der Waals surface area contributed by atoms with Crippen LogP contribution >= 0.6 is 23.4 Å². The first-order chi connectivity index (χ1) is 16.4. The van der Waals surface area contributed by atoms with Crippen LogP contribution in [0.15, 0.2) is 12.1 Å². The third-order valence-corrected chi connectivity index (χ3v) is 8.09. The molecular formula is C24H37ClN4O4S. The molecule has 2 amide bonds. The lowest BCUT2D eigenvalue weighted by atomic mass is 9.94. The standard InChI is InChI=1S/C24H37ClN4O4S/c1-4-11-34-24(31)29-9-5-16(6-10-29)14-28-8-7-20(22(15-28)33-3)27-23(30)17-12-18(25)19(26)13-21(17)32-2/h12-13,16,20,22H,4-11,14-15,26H2,1-3H3,(H,27,30)/t20-,22+/m1/s1. The Hall–Kier alpha value is -1.68. The number of nitrogens with zero attached hydrogens (tertiary/aromatic N) is 2. The van der Waals surface area contributed by atoms with Crippen molar-refractivity contribution in [3.63, 3.8) is 0 Å². The number of piperidine rings is 2. The molecule has 2 aliphatic heterocycles. The normalized spacial score (nSPS) is 21.9. The number of nitrogen functional groups attached to an aromatic ring is 1. The van der Waals surface area contributed by atoms with Gasteiger partial charge in [0.1, 0.15) is 5.75 Å². The summed E-state index contributed by atoms with van der Waals surface area (Å²) >= 11 is 7.57. The Morgan fingerprint density at radius 2 is 1.94 bits per heavy atom. The second-order valence-electron chi connectivity index (χ2n) is 9.02. The number of nitrogens with two attached hydrogens (primary N) is 1. The van der Waals surface area contributed by atoms with Gasteiger partial charge in [0, 0.05) is 51.7 Å². The average molecular weight is 513 g/mol. The van der Waals surface area contributed by atoms with Crippen LogP contribution in [0, 0.1) is 5.92 Å². The molecule has 0 bridgehead atoms. The number of carbonyl (C=O) groups excluding carboxylic acids is 2. The van der Waals surface area contributed by atoms with Crippen molar-refractivity contribution < 1.29 is 19.1 Å². The largest absolute Gasteiger partial charge is 0.496 e.